The zero-order chi connectivity index (χ0) is 17.7. The first-order chi connectivity index (χ1) is 12.0. The Morgan fingerprint density at radius 3 is 2.64 bits per heavy atom. The van der Waals surface area contributed by atoms with Gasteiger partial charge in [-0.25, -0.2) is 0 Å². The van der Waals surface area contributed by atoms with Crippen molar-refractivity contribution in [2.24, 2.45) is 34.5 Å². The van der Waals surface area contributed by atoms with Gasteiger partial charge < -0.3 is 19.7 Å². The molecule has 4 nitrogen and oxygen atoms in total. The molecule has 2 unspecified atom stereocenters. The number of rotatable bonds is 4. The monoisotopic (exact) mass is 350 g/mol. The van der Waals surface area contributed by atoms with Crippen molar-refractivity contribution in [3.05, 3.63) is 11.8 Å². The Balaban J connectivity index is 1.53. The minimum atomic E-state index is -0.200. The van der Waals surface area contributed by atoms with Gasteiger partial charge in [0.2, 0.25) is 0 Å². The van der Waals surface area contributed by atoms with Crippen molar-refractivity contribution in [3.8, 4) is 0 Å². The third kappa shape index (κ3) is 2.67. The van der Waals surface area contributed by atoms with Crippen LogP contribution in [0.5, 0.6) is 0 Å². The lowest BCUT2D eigenvalue weighted by molar-refractivity contribution is -0.147. The second-order valence-electron chi connectivity index (χ2n) is 9.38. The summed E-state index contributed by atoms with van der Waals surface area (Å²) in [5.41, 5.74) is 0.560. The summed E-state index contributed by atoms with van der Waals surface area (Å²) in [5.74, 6) is 4.06. The predicted octanol–water partition coefficient (Wildman–Crippen LogP) is 3.82. The van der Waals surface area contributed by atoms with Crippen molar-refractivity contribution in [1.82, 2.24) is 0 Å². The molecule has 0 aliphatic heterocycles. The molecule has 4 heteroatoms. The Bertz CT molecular complexity index is 532. The Hall–Kier alpha value is -0.580. The van der Waals surface area contributed by atoms with Gasteiger partial charge in [-0.15, -0.1) is 0 Å². The molecular formula is C21H34O4. The highest BCUT2D eigenvalue weighted by atomic mass is 16.6. The summed E-state index contributed by atoms with van der Waals surface area (Å²) in [7, 11) is 0. The van der Waals surface area contributed by atoms with Crippen molar-refractivity contribution in [1.29, 1.82) is 0 Å². The van der Waals surface area contributed by atoms with Gasteiger partial charge >= 0.3 is 0 Å². The molecule has 0 bridgehead atoms. The van der Waals surface area contributed by atoms with Gasteiger partial charge in [0.25, 0.3) is 0 Å². The molecule has 0 saturated heterocycles. The Morgan fingerprint density at radius 1 is 1.04 bits per heavy atom. The number of hydrogen-bond acceptors (Lipinski definition) is 4. The topological polar surface area (TPSA) is 58.9 Å². The molecular weight excluding hydrogens is 316 g/mol. The first-order valence-corrected chi connectivity index (χ1v) is 10.2. The van der Waals surface area contributed by atoms with Crippen LogP contribution in [-0.2, 0) is 9.47 Å². The fourth-order valence-corrected chi connectivity index (χ4v) is 7.30. The van der Waals surface area contributed by atoms with Gasteiger partial charge in [0.05, 0.1) is 6.10 Å². The van der Waals surface area contributed by atoms with Crippen molar-refractivity contribution < 1.29 is 19.7 Å². The minimum absolute atomic E-state index is 0.129. The number of fused-ring (bicyclic) bond motifs is 5. The summed E-state index contributed by atoms with van der Waals surface area (Å²) < 4.78 is 11.2. The van der Waals surface area contributed by atoms with E-state index in [4.69, 9.17) is 14.6 Å². The summed E-state index contributed by atoms with van der Waals surface area (Å²) in [6, 6.07) is 0. The molecule has 3 saturated carbocycles. The van der Waals surface area contributed by atoms with E-state index in [-0.39, 0.29) is 25.1 Å². The average Bonchev–Trinajstić information content (AvgIpc) is 2.93. The van der Waals surface area contributed by atoms with Crippen LogP contribution in [-0.4, -0.2) is 29.9 Å². The van der Waals surface area contributed by atoms with E-state index in [2.05, 4.69) is 19.9 Å². The fourth-order valence-electron chi connectivity index (χ4n) is 7.30. The van der Waals surface area contributed by atoms with Gasteiger partial charge in [0.1, 0.15) is 12.6 Å². The van der Waals surface area contributed by atoms with E-state index in [0.29, 0.717) is 11.3 Å². The van der Waals surface area contributed by atoms with Crippen LogP contribution in [0.3, 0.4) is 0 Å². The zero-order valence-corrected chi connectivity index (χ0v) is 15.7. The van der Waals surface area contributed by atoms with Crippen LogP contribution in [0.2, 0.25) is 0 Å². The van der Waals surface area contributed by atoms with Gasteiger partial charge in [0.15, 0.2) is 6.79 Å². The van der Waals surface area contributed by atoms with Gasteiger partial charge in [-0.2, -0.15) is 0 Å². The lowest BCUT2D eigenvalue weighted by atomic mass is 9.45. The van der Waals surface area contributed by atoms with Crippen LogP contribution in [0.15, 0.2) is 11.8 Å². The van der Waals surface area contributed by atoms with E-state index in [0.717, 1.165) is 42.8 Å². The van der Waals surface area contributed by atoms with Gasteiger partial charge in [-0.3, -0.25) is 0 Å². The van der Waals surface area contributed by atoms with E-state index in [1.54, 1.807) is 0 Å². The molecule has 0 aromatic heterocycles. The largest absolute Gasteiger partial charge is 0.472 e. The second-order valence-corrected chi connectivity index (χ2v) is 9.38. The number of aliphatic hydroxyl groups excluding tert-OH is 2. The molecule has 0 radical (unpaired) electrons. The summed E-state index contributed by atoms with van der Waals surface area (Å²) >= 11 is 0. The minimum Gasteiger partial charge on any atom is -0.472 e. The SMILES string of the molecule is C[C@]12CCC(OCO)CC1CC[C@@H]1[C@H]2CC[C@]2(C)C(OCO)=CC[C@@H]12. The number of hydrogen-bond donors (Lipinski definition) is 2. The number of aliphatic hydroxyl groups is 2. The Kier molecular flexibility index (Phi) is 4.66. The van der Waals surface area contributed by atoms with E-state index in [9.17, 15) is 5.11 Å². The van der Waals surface area contributed by atoms with Crippen LogP contribution in [0.25, 0.3) is 0 Å². The molecule has 0 aromatic rings. The predicted molar refractivity (Wildman–Crippen MR) is 95.3 cm³/mol. The molecule has 0 spiro atoms. The first-order valence-electron chi connectivity index (χ1n) is 10.2. The average molecular weight is 350 g/mol. The molecule has 2 N–H and O–H groups in total. The van der Waals surface area contributed by atoms with Crippen molar-refractivity contribution in [2.75, 3.05) is 13.6 Å². The molecule has 0 aromatic carbocycles. The summed E-state index contributed by atoms with van der Waals surface area (Å²) in [5, 5.41) is 18.3. The standard InChI is InChI=1S/C21H34O4/c1-20-9-7-15(24-12-22)11-14(20)3-4-16-17-5-6-19(25-13-23)21(17,2)10-8-18(16)20/h6,14-18,22-23H,3-5,7-13H2,1-2H3/t14?,15?,16-,17-,18+,20-,21-/m0/s1. The summed E-state index contributed by atoms with van der Waals surface area (Å²) in [4.78, 5) is 0. The third-order valence-electron chi connectivity index (χ3n) is 8.66. The first kappa shape index (κ1) is 17.8. The molecule has 3 fully saturated rings. The fraction of sp³-hybridized carbons (Fsp3) is 0.905. The van der Waals surface area contributed by atoms with Crippen molar-refractivity contribution in [2.45, 2.75) is 71.3 Å². The second kappa shape index (κ2) is 6.54. The van der Waals surface area contributed by atoms with Crippen LogP contribution >= 0.6 is 0 Å². The normalized spacial score (nSPS) is 49.0. The molecule has 25 heavy (non-hydrogen) atoms. The van der Waals surface area contributed by atoms with Gasteiger partial charge in [0, 0.05) is 5.41 Å². The molecule has 4 aliphatic rings. The molecule has 7 atom stereocenters. The molecule has 4 aliphatic carbocycles. The highest BCUT2D eigenvalue weighted by Gasteiger charge is 2.59. The van der Waals surface area contributed by atoms with E-state index >= 15 is 0 Å². The lowest BCUT2D eigenvalue weighted by Crippen LogP contribution is -2.53. The van der Waals surface area contributed by atoms with E-state index in [1.807, 2.05) is 0 Å². The van der Waals surface area contributed by atoms with E-state index in [1.165, 1.54) is 32.1 Å². The van der Waals surface area contributed by atoms with Gasteiger partial charge in [-0.1, -0.05) is 13.8 Å². The highest BCUT2D eigenvalue weighted by molar-refractivity contribution is 5.21. The maximum atomic E-state index is 9.24. The van der Waals surface area contributed by atoms with Crippen LogP contribution in [0, 0.1) is 34.5 Å². The summed E-state index contributed by atoms with van der Waals surface area (Å²) in [6.45, 7) is 4.57. The van der Waals surface area contributed by atoms with Crippen molar-refractivity contribution >= 4 is 0 Å². The number of ether oxygens (including phenoxy) is 2. The zero-order valence-electron chi connectivity index (χ0n) is 15.7. The molecule has 0 heterocycles. The van der Waals surface area contributed by atoms with Crippen LogP contribution in [0.1, 0.15) is 65.2 Å². The molecule has 0 amide bonds. The lowest BCUT2D eigenvalue weighted by Gasteiger charge is -2.60. The highest BCUT2D eigenvalue weighted by Crippen LogP contribution is 2.66. The maximum Gasteiger partial charge on any atom is 0.185 e. The van der Waals surface area contributed by atoms with E-state index < -0.39 is 0 Å². The number of allylic oxidation sites excluding steroid dienone is 2. The van der Waals surface area contributed by atoms with Gasteiger partial charge in [-0.05, 0) is 86.5 Å². The maximum absolute atomic E-state index is 9.24. The summed E-state index contributed by atoms with van der Waals surface area (Å²) in [6.07, 6.45) is 12.2. The smallest absolute Gasteiger partial charge is 0.185 e. The quantitative estimate of drug-likeness (QED) is 0.757. The Morgan fingerprint density at radius 2 is 1.88 bits per heavy atom. The third-order valence-corrected chi connectivity index (χ3v) is 8.66. The Labute approximate surface area is 151 Å². The molecule has 142 valence electrons. The van der Waals surface area contributed by atoms with Crippen LogP contribution in [0.4, 0.5) is 0 Å². The molecule has 4 rings (SSSR count). The van der Waals surface area contributed by atoms with Crippen molar-refractivity contribution in [3.63, 3.8) is 0 Å². The van der Waals surface area contributed by atoms with Crippen LogP contribution < -0.4 is 0 Å².